The minimum Gasteiger partial charge on any atom is -0.465 e. The summed E-state index contributed by atoms with van der Waals surface area (Å²) in [5, 5.41) is 3.59. The maximum atomic E-state index is 12.4. The number of rotatable bonds is 5. The van der Waals surface area contributed by atoms with E-state index in [9.17, 15) is 9.59 Å². The number of H-pyrrole nitrogens is 1. The molecule has 0 saturated carbocycles. The van der Waals surface area contributed by atoms with E-state index < -0.39 is 5.97 Å². The van der Waals surface area contributed by atoms with Crippen LogP contribution in [0.3, 0.4) is 0 Å². The predicted octanol–water partition coefficient (Wildman–Crippen LogP) is 1.38. The van der Waals surface area contributed by atoms with Crippen LogP contribution < -0.4 is 10.2 Å². The molecule has 3 rings (SSSR count). The van der Waals surface area contributed by atoms with Crippen molar-refractivity contribution in [2.24, 2.45) is 5.92 Å². The van der Waals surface area contributed by atoms with E-state index in [1.807, 2.05) is 19.3 Å². The fourth-order valence-corrected chi connectivity index (χ4v) is 3.51. The number of aromatic nitrogens is 3. The number of hydrogen-bond acceptors (Lipinski definition) is 6. The molecule has 2 aromatic heterocycles. The summed E-state index contributed by atoms with van der Waals surface area (Å²) in [5.74, 6) is 0.806. The number of carbonyl (C=O) groups is 2. The summed E-state index contributed by atoms with van der Waals surface area (Å²) in [4.78, 5) is 39.6. The number of esters is 1. The van der Waals surface area contributed by atoms with E-state index in [4.69, 9.17) is 4.74 Å². The number of aromatic amines is 1. The largest absolute Gasteiger partial charge is 0.465 e. The molecule has 3 heterocycles. The minimum absolute atomic E-state index is 0.111. The van der Waals surface area contributed by atoms with E-state index in [1.165, 1.54) is 0 Å². The van der Waals surface area contributed by atoms with Crippen LogP contribution in [0, 0.1) is 5.92 Å². The van der Waals surface area contributed by atoms with Gasteiger partial charge >= 0.3 is 12.0 Å². The Balaban J connectivity index is 1.69. The topological polar surface area (TPSA) is 103 Å². The normalized spacial score (nSPS) is 19.7. The standard InChI is InChI=1S/C18H26N6O3/c1-4-27-15(25)9-20-18(26)24-8-6-12(2)14(10-24)23(3)17-13-5-7-19-16(13)21-11-22-17/h5,7,11-12,14H,4,6,8-10H2,1-3H3,(H,20,26)(H,19,21,22)/t12-,14-/m1/s1. The number of hydrogen-bond donors (Lipinski definition) is 2. The van der Waals surface area contributed by atoms with Gasteiger partial charge in [-0.3, -0.25) is 4.79 Å². The molecule has 0 aromatic carbocycles. The third-order valence-electron chi connectivity index (χ3n) is 5.06. The monoisotopic (exact) mass is 374 g/mol. The molecule has 0 radical (unpaired) electrons. The second kappa shape index (κ2) is 8.24. The number of nitrogens with one attached hydrogen (secondary N) is 2. The van der Waals surface area contributed by atoms with Gasteiger partial charge in [-0.1, -0.05) is 6.92 Å². The fraction of sp³-hybridized carbons (Fsp3) is 0.556. The van der Waals surface area contributed by atoms with Crippen molar-refractivity contribution >= 4 is 28.9 Å². The zero-order chi connectivity index (χ0) is 19.4. The van der Waals surface area contributed by atoms with Crippen LogP contribution in [0.5, 0.6) is 0 Å². The summed E-state index contributed by atoms with van der Waals surface area (Å²) >= 11 is 0. The SMILES string of the molecule is CCOC(=O)CNC(=O)N1CC[C@@H](C)[C@H](N(C)c2ncnc3[nH]ccc23)C1. The van der Waals surface area contributed by atoms with Crippen LogP contribution in [-0.4, -0.2) is 71.2 Å². The Bertz CT molecular complexity index is 807. The van der Waals surface area contributed by atoms with Gasteiger partial charge in [-0.2, -0.15) is 0 Å². The molecule has 2 atom stereocenters. The maximum absolute atomic E-state index is 12.4. The summed E-state index contributed by atoms with van der Waals surface area (Å²) in [6, 6.07) is 1.82. The van der Waals surface area contributed by atoms with Gasteiger partial charge in [0.2, 0.25) is 0 Å². The number of likely N-dealkylation sites (N-methyl/N-ethyl adjacent to an activating group) is 1. The van der Waals surface area contributed by atoms with Gasteiger partial charge in [-0.25, -0.2) is 14.8 Å². The van der Waals surface area contributed by atoms with E-state index in [2.05, 4.69) is 32.1 Å². The summed E-state index contributed by atoms with van der Waals surface area (Å²) in [7, 11) is 2.00. The third-order valence-corrected chi connectivity index (χ3v) is 5.06. The zero-order valence-corrected chi connectivity index (χ0v) is 15.9. The van der Waals surface area contributed by atoms with Crippen molar-refractivity contribution in [3.63, 3.8) is 0 Å². The number of ether oxygens (including phenoxy) is 1. The quantitative estimate of drug-likeness (QED) is 0.767. The Kier molecular flexibility index (Phi) is 5.78. The molecular formula is C18H26N6O3. The lowest BCUT2D eigenvalue weighted by atomic mass is 9.92. The average molecular weight is 374 g/mol. The van der Waals surface area contributed by atoms with Crippen molar-refractivity contribution < 1.29 is 14.3 Å². The molecule has 2 amide bonds. The molecule has 1 aliphatic rings. The van der Waals surface area contributed by atoms with Crippen LogP contribution in [0.2, 0.25) is 0 Å². The zero-order valence-electron chi connectivity index (χ0n) is 15.9. The van der Waals surface area contributed by atoms with E-state index in [-0.39, 0.29) is 18.6 Å². The second-order valence-corrected chi connectivity index (χ2v) is 6.79. The highest BCUT2D eigenvalue weighted by Crippen LogP contribution is 2.28. The van der Waals surface area contributed by atoms with Crippen LogP contribution in [0.15, 0.2) is 18.6 Å². The first-order valence-corrected chi connectivity index (χ1v) is 9.20. The van der Waals surface area contributed by atoms with Gasteiger partial charge in [0.1, 0.15) is 24.3 Å². The highest BCUT2D eigenvalue weighted by molar-refractivity contribution is 5.87. The minimum atomic E-state index is -0.430. The highest BCUT2D eigenvalue weighted by atomic mass is 16.5. The Morgan fingerprint density at radius 1 is 1.44 bits per heavy atom. The molecule has 0 unspecified atom stereocenters. The molecule has 0 aliphatic carbocycles. The summed E-state index contributed by atoms with van der Waals surface area (Å²) in [5.41, 5.74) is 0.791. The fourth-order valence-electron chi connectivity index (χ4n) is 3.51. The molecule has 2 aromatic rings. The first-order chi connectivity index (χ1) is 13.0. The van der Waals surface area contributed by atoms with Gasteiger partial charge in [-0.05, 0) is 25.3 Å². The first-order valence-electron chi connectivity index (χ1n) is 9.20. The molecule has 27 heavy (non-hydrogen) atoms. The van der Waals surface area contributed by atoms with Crippen molar-refractivity contribution in [3.8, 4) is 0 Å². The number of urea groups is 1. The van der Waals surface area contributed by atoms with E-state index in [0.717, 1.165) is 23.3 Å². The van der Waals surface area contributed by atoms with Crippen LogP contribution >= 0.6 is 0 Å². The maximum Gasteiger partial charge on any atom is 0.325 e. The van der Waals surface area contributed by atoms with Crippen molar-refractivity contribution in [2.75, 3.05) is 38.2 Å². The van der Waals surface area contributed by atoms with Crippen molar-refractivity contribution in [1.82, 2.24) is 25.2 Å². The molecule has 1 saturated heterocycles. The predicted molar refractivity (Wildman–Crippen MR) is 101 cm³/mol. The van der Waals surface area contributed by atoms with Gasteiger partial charge in [0.15, 0.2) is 0 Å². The Morgan fingerprint density at radius 3 is 3.04 bits per heavy atom. The van der Waals surface area contributed by atoms with Crippen molar-refractivity contribution in [2.45, 2.75) is 26.3 Å². The first kappa shape index (κ1) is 18.9. The number of carbonyl (C=O) groups excluding carboxylic acids is 2. The number of amides is 2. The Morgan fingerprint density at radius 2 is 2.26 bits per heavy atom. The molecule has 9 heteroatoms. The molecule has 0 spiro atoms. The molecule has 9 nitrogen and oxygen atoms in total. The average Bonchev–Trinajstić information content (AvgIpc) is 3.15. The summed E-state index contributed by atoms with van der Waals surface area (Å²) in [6.07, 6.45) is 4.27. The number of nitrogens with zero attached hydrogens (tertiary/aromatic N) is 4. The Hall–Kier alpha value is -2.84. The molecule has 0 bridgehead atoms. The van der Waals surface area contributed by atoms with E-state index in [0.29, 0.717) is 25.6 Å². The highest BCUT2D eigenvalue weighted by Gasteiger charge is 2.32. The van der Waals surface area contributed by atoms with E-state index >= 15 is 0 Å². The van der Waals surface area contributed by atoms with Gasteiger partial charge in [0, 0.05) is 26.3 Å². The van der Waals surface area contributed by atoms with Crippen LogP contribution in [0.4, 0.5) is 10.6 Å². The van der Waals surface area contributed by atoms with Gasteiger partial charge in [0.05, 0.1) is 18.0 Å². The van der Waals surface area contributed by atoms with Gasteiger partial charge < -0.3 is 24.8 Å². The van der Waals surface area contributed by atoms with Gasteiger partial charge in [-0.15, -0.1) is 0 Å². The number of likely N-dealkylation sites (tertiary alicyclic amines) is 1. The van der Waals surface area contributed by atoms with Crippen LogP contribution in [-0.2, 0) is 9.53 Å². The molecular weight excluding hydrogens is 348 g/mol. The van der Waals surface area contributed by atoms with Crippen molar-refractivity contribution in [1.29, 1.82) is 0 Å². The lowest BCUT2D eigenvalue weighted by Crippen LogP contribution is -2.55. The smallest absolute Gasteiger partial charge is 0.325 e. The Labute approximate surface area is 158 Å². The van der Waals surface area contributed by atoms with Gasteiger partial charge in [0.25, 0.3) is 0 Å². The third kappa shape index (κ3) is 4.12. The number of anilines is 1. The summed E-state index contributed by atoms with van der Waals surface area (Å²) < 4.78 is 4.85. The van der Waals surface area contributed by atoms with Crippen molar-refractivity contribution in [3.05, 3.63) is 18.6 Å². The molecule has 146 valence electrons. The summed E-state index contributed by atoms with van der Waals surface area (Å²) in [6.45, 7) is 5.32. The van der Waals surface area contributed by atoms with Crippen LogP contribution in [0.25, 0.3) is 11.0 Å². The van der Waals surface area contributed by atoms with Crippen LogP contribution in [0.1, 0.15) is 20.3 Å². The molecule has 2 N–H and O–H groups in total. The van der Waals surface area contributed by atoms with E-state index in [1.54, 1.807) is 18.2 Å². The lowest BCUT2D eigenvalue weighted by molar-refractivity contribution is -0.141. The number of piperidine rings is 1. The second-order valence-electron chi connectivity index (χ2n) is 6.79. The lowest BCUT2D eigenvalue weighted by Gasteiger charge is -2.42. The molecule has 1 fully saturated rings. The number of fused-ring (bicyclic) bond motifs is 1. The molecule has 1 aliphatic heterocycles.